The van der Waals surface area contributed by atoms with E-state index >= 15 is 0 Å². The Balaban J connectivity index is 1.57. The predicted octanol–water partition coefficient (Wildman–Crippen LogP) is 12.3. The predicted molar refractivity (Wildman–Crippen MR) is 203 cm³/mol. The van der Waals surface area contributed by atoms with E-state index < -0.39 is 11.6 Å². The minimum atomic E-state index is -0.661. The summed E-state index contributed by atoms with van der Waals surface area (Å²) in [4.78, 5) is 0. The Labute approximate surface area is 290 Å². The molecule has 0 fully saturated rings. The Morgan fingerprint density at radius 3 is 1.30 bits per heavy atom. The van der Waals surface area contributed by atoms with Crippen LogP contribution in [0.4, 0.5) is 8.78 Å². The maximum atomic E-state index is 14.8. The molecule has 0 amide bonds. The lowest BCUT2D eigenvalue weighted by atomic mass is 9.86. The van der Waals surface area contributed by atoms with Gasteiger partial charge in [0.15, 0.2) is 0 Å². The Bertz CT molecular complexity index is 2530. The van der Waals surface area contributed by atoms with E-state index in [9.17, 15) is 14.0 Å². The molecule has 5 heteroatoms. The van der Waals surface area contributed by atoms with Crippen LogP contribution in [0.5, 0.6) is 0 Å². The molecular weight excluding hydrogens is 621 g/mol. The first-order chi connectivity index (χ1) is 23.8. The van der Waals surface area contributed by atoms with Gasteiger partial charge in [0, 0.05) is 27.6 Å². The number of para-hydroxylation sites is 2. The molecule has 0 radical (unpaired) electrons. The smallest absolute Gasteiger partial charge is 0.126 e. The molecule has 6 aromatic carbocycles. The summed E-state index contributed by atoms with van der Waals surface area (Å²) >= 11 is 0. The molecule has 0 saturated carbocycles. The van der Waals surface area contributed by atoms with Gasteiger partial charge in [0.25, 0.3) is 0 Å². The van der Waals surface area contributed by atoms with Crippen LogP contribution in [-0.2, 0) is 10.8 Å². The highest BCUT2D eigenvalue weighted by Gasteiger charge is 2.25. The second-order valence-electron chi connectivity index (χ2n) is 15.3. The van der Waals surface area contributed by atoms with Crippen molar-refractivity contribution >= 4 is 43.6 Å². The summed E-state index contributed by atoms with van der Waals surface area (Å²) < 4.78 is 34.0. The van der Waals surface area contributed by atoms with Gasteiger partial charge in [-0.1, -0.05) is 102 Å². The number of hydrogen-bond acceptors (Lipinski definition) is 1. The molecule has 0 unspecified atom stereocenters. The van der Waals surface area contributed by atoms with Crippen LogP contribution in [0.2, 0.25) is 0 Å². The first-order valence-corrected chi connectivity index (χ1v) is 17.0. The summed E-state index contributed by atoms with van der Waals surface area (Å²) in [7, 11) is 0. The van der Waals surface area contributed by atoms with Gasteiger partial charge < -0.3 is 9.13 Å². The van der Waals surface area contributed by atoms with E-state index in [2.05, 4.69) is 117 Å². The lowest BCUT2D eigenvalue weighted by Crippen LogP contribution is -2.11. The number of aromatic nitrogens is 2. The second kappa shape index (κ2) is 11.1. The molecule has 0 saturated heterocycles. The van der Waals surface area contributed by atoms with Crippen LogP contribution in [0.1, 0.15) is 58.2 Å². The van der Waals surface area contributed by atoms with Gasteiger partial charge in [-0.25, -0.2) is 8.78 Å². The van der Waals surface area contributed by atoms with E-state index in [4.69, 9.17) is 0 Å². The van der Waals surface area contributed by atoms with Crippen molar-refractivity contribution in [3.05, 3.63) is 144 Å². The van der Waals surface area contributed by atoms with Gasteiger partial charge in [-0.15, -0.1) is 0 Å². The van der Waals surface area contributed by atoms with Crippen LogP contribution in [0, 0.1) is 23.0 Å². The molecule has 0 aliphatic heterocycles. The summed E-state index contributed by atoms with van der Waals surface area (Å²) in [6.07, 6.45) is 0. The summed E-state index contributed by atoms with van der Waals surface area (Å²) in [5, 5.41) is 15.4. The normalized spacial score (nSPS) is 12.4. The van der Waals surface area contributed by atoms with Gasteiger partial charge in [-0.3, -0.25) is 0 Å². The highest BCUT2D eigenvalue weighted by Crippen LogP contribution is 2.42. The number of benzene rings is 6. The Morgan fingerprint density at radius 1 is 0.480 bits per heavy atom. The molecule has 8 aromatic rings. The van der Waals surface area contributed by atoms with Gasteiger partial charge >= 0.3 is 0 Å². The third-order valence-electron chi connectivity index (χ3n) is 9.97. The summed E-state index contributed by atoms with van der Waals surface area (Å²) in [5.74, 6) is -1.32. The molecule has 8 rings (SSSR count). The molecule has 50 heavy (non-hydrogen) atoms. The van der Waals surface area contributed by atoms with Crippen LogP contribution in [0.25, 0.3) is 66.1 Å². The minimum Gasteiger partial charge on any atom is -0.308 e. The molecular formula is C45H37F2N3. The SMILES string of the molecule is CC(C)(C)c1ccc2c3ccccc3n(-c3cc(-c4cc(F)cc(F)c4)cc(-n4c5ccccc5c5ccc(C(C)(C)C)cc54)c3C#N)c2c1. The largest absolute Gasteiger partial charge is 0.308 e. The van der Waals surface area contributed by atoms with Gasteiger partial charge in [-0.05, 0) is 81.6 Å². The number of hydrogen-bond donors (Lipinski definition) is 0. The van der Waals surface area contributed by atoms with Crippen molar-refractivity contribution in [3.63, 3.8) is 0 Å². The Kier molecular flexibility index (Phi) is 7.03. The van der Waals surface area contributed by atoms with E-state index in [0.29, 0.717) is 28.1 Å². The molecule has 0 spiro atoms. The van der Waals surface area contributed by atoms with Crippen molar-refractivity contribution in [2.75, 3.05) is 0 Å². The van der Waals surface area contributed by atoms with Crippen molar-refractivity contribution in [3.8, 4) is 28.6 Å². The van der Waals surface area contributed by atoms with E-state index in [1.807, 2.05) is 36.4 Å². The van der Waals surface area contributed by atoms with Gasteiger partial charge in [0.05, 0.1) is 33.4 Å². The molecule has 0 N–H and O–H groups in total. The van der Waals surface area contributed by atoms with Crippen LogP contribution >= 0.6 is 0 Å². The quantitative estimate of drug-likeness (QED) is 0.186. The fourth-order valence-electron chi connectivity index (χ4n) is 7.36. The monoisotopic (exact) mass is 657 g/mol. The first-order valence-electron chi connectivity index (χ1n) is 17.0. The molecule has 0 aliphatic carbocycles. The number of fused-ring (bicyclic) bond motifs is 6. The standard InChI is InChI=1S/C45H37F2N3/c1-44(2,3)29-15-17-35-33-11-7-9-13-38(33)49(42(35)23-29)40-21-28(27-19-31(46)25-32(47)20-27)22-41(37(40)26-48)50-39-14-10-8-12-34(39)36-18-16-30(24-43(36)50)45(4,5)6/h7-25H,1-6H3. The topological polar surface area (TPSA) is 33.6 Å². The van der Waals surface area contributed by atoms with Crippen molar-refractivity contribution < 1.29 is 8.78 Å². The first kappa shape index (κ1) is 31.5. The zero-order chi connectivity index (χ0) is 35.1. The molecule has 246 valence electrons. The third-order valence-corrected chi connectivity index (χ3v) is 9.97. The number of nitrogens with zero attached hydrogens (tertiary/aromatic N) is 3. The zero-order valence-corrected chi connectivity index (χ0v) is 29.1. The summed E-state index contributed by atoms with van der Waals surface area (Å²) in [5.41, 5.74) is 8.61. The van der Waals surface area contributed by atoms with Crippen LogP contribution < -0.4 is 0 Å². The van der Waals surface area contributed by atoms with Gasteiger partial charge in [0.1, 0.15) is 23.3 Å². The van der Waals surface area contributed by atoms with E-state index in [-0.39, 0.29) is 10.8 Å². The summed E-state index contributed by atoms with van der Waals surface area (Å²) in [6, 6.07) is 39.5. The maximum Gasteiger partial charge on any atom is 0.126 e. The number of halogens is 2. The van der Waals surface area contributed by atoms with Gasteiger partial charge in [0.2, 0.25) is 0 Å². The van der Waals surface area contributed by atoms with E-state index in [0.717, 1.165) is 60.8 Å². The third kappa shape index (κ3) is 4.98. The molecule has 0 bridgehead atoms. The van der Waals surface area contributed by atoms with Gasteiger partial charge in [-0.2, -0.15) is 5.26 Å². The van der Waals surface area contributed by atoms with Crippen LogP contribution in [0.3, 0.4) is 0 Å². The number of nitriles is 1. The van der Waals surface area contributed by atoms with Crippen LogP contribution in [0.15, 0.2) is 115 Å². The van der Waals surface area contributed by atoms with E-state index in [1.54, 1.807) is 0 Å². The summed E-state index contributed by atoms with van der Waals surface area (Å²) in [6.45, 7) is 13.1. The fraction of sp³-hybridized carbons (Fsp3) is 0.178. The molecule has 0 atom stereocenters. The average molecular weight is 658 g/mol. The Hall–Kier alpha value is -5.73. The van der Waals surface area contributed by atoms with Crippen LogP contribution in [-0.4, -0.2) is 9.13 Å². The lowest BCUT2D eigenvalue weighted by molar-refractivity contribution is 0.584. The second-order valence-corrected chi connectivity index (χ2v) is 15.3. The van der Waals surface area contributed by atoms with Crippen molar-refractivity contribution in [1.29, 1.82) is 5.26 Å². The lowest BCUT2D eigenvalue weighted by Gasteiger charge is -2.21. The Morgan fingerprint density at radius 2 is 0.880 bits per heavy atom. The van der Waals surface area contributed by atoms with E-state index in [1.165, 1.54) is 12.1 Å². The highest BCUT2D eigenvalue weighted by molar-refractivity contribution is 6.11. The van der Waals surface area contributed by atoms with Crippen molar-refractivity contribution in [1.82, 2.24) is 9.13 Å². The maximum absolute atomic E-state index is 14.8. The number of rotatable bonds is 3. The molecule has 2 heterocycles. The fourth-order valence-corrected chi connectivity index (χ4v) is 7.36. The molecule has 2 aromatic heterocycles. The minimum absolute atomic E-state index is 0.118. The van der Waals surface area contributed by atoms with Crippen molar-refractivity contribution in [2.24, 2.45) is 0 Å². The van der Waals surface area contributed by atoms with Crippen molar-refractivity contribution in [2.45, 2.75) is 52.4 Å². The average Bonchev–Trinajstić information content (AvgIpc) is 3.58. The molecule has 0 aliphatic rings. The zero-order valence-electron chi connectivity index (χ0n) is 29.1. The molecule has 3 nitrogen and oxygen atoms in total. The highest BCUT2D eigenvalue weighted by atomic mass is 19.1.